The zero-order chi connectivity index (χ0) is 30.6. The van der Waals surface area contributed by atoms with Gasteiger partial charge in [-0.05, 0) is 67.5 Å². The first-order chi connectivity index (χ1) is 20.9. The highest BCUT2D eigenvalue weighted by molar-refractivity contribution is 6.07. The Morgan fingerprint density at radius 3 is 2.42 bits per heavy atom. The van der Waals surface area contributed by atoms with Crippen molar-refractivity contribution in [2.75, 3.05) is 18.4 Å². The molecule has 4 rings (SSSR count). The Kier molecular flexibility index (Phi) is 11.4. The van der Waals surface area contributed by atoms with Crippen molar-refractivity contribution < 1.29 is 14.4 Å². The number of hydrogen-bond acceptors (Lipinski definition) is 6. The molecule has 1 aliphatic heterocycles. The number of Topliss-reactive ketones (excluding diaryl/α,β-unsaturated/α-hetero) is 1. The SMILES string of the molecule is CCCN(CCC)C(=O)C1=Cc2ccc(C(=O)Nc3cncc(CCC(=O)CCCc4ccccc4)c3)cc2N=C(N)C1. The predicted octanol–water partition coefficient (Wildman–Crippen LogP) is 6.28. The van der Waals surface area contributed by atoms with Crippen LogP contribution in [0, 0.1) is 0 Å². The molecule has 0 spiro atoms. The summed E-state index contributed by atoms with van der Waals surface area (Å²) in [6, 6.07) is 17.2. The van der Waals surface area contributed by atoms with Gasteiger partial charge in [0, 0.05) is 55.2 Å². The molecule has 2 amide bonds. The maximum absolute atomic E-state index is 13.2. The minimum absolute atomic E-state index is 0.0298. The normalized spacial score (nSPS) is 12.4. The van der Waals surface area contributed by atoms with Crippen LogP contribution in [-0.4, -0.2) is 46.4 Å². The second kappa shape index (κ2) is 15.6. The molecule has 8 heteroatoms. The Bertz CT molecular complexity index is 1490. The number of anilines is 1. The quantitative estimate of drug-likeness (QED) is 0.233. The van der Waals surface area contributed by atoms with Crippen molar-refractivity contribution in [3.63, 3.8) is 0 Å². The van der Waals surface area contributed by atoms with Crippen molar-refractivity contribution in [2.45, 2.75) is 65.2 Å². The van der Waals surface area contributed by atoms with Crippen molar-refractivity contribution in [3.8, 4) is 0 Å². The molecule has 43 heavy (non-hydrogen) atoms. The molecule has 0 saturated carbocycles. The number of carbonyl (C=O) groups excluding carboxylic acids is 3. The predicted molar refractivity (Wildman–Crippen MR) is 172 cm³/mol. The zero-order valence-electron chi connectivity index (χ0n) is 25.1. The molecule has 0 fully saturated rings. The second-order valence-corrected chi connectivity index (χ2v) is 10.9. The number of aromatic nitrogens is 1. The molecule has 8 nitrogen and oxygen atoms in total. The van der Waals surface area contributed by atoms with Crippen molar-refractivity contribution in [3.05, 3.63) is 94.8 Å². The van der Waals surface area contributed by atoms with Crippen molar-refractivity contribution in [1.82, 2.24) is 9.88 Å². The number of benzene rings is 2. The fourth-order valence-electron chi connectivity index (χ4n) is 5.17. The van der Waals surface area contributed by atoms with E-state index in [1.807, 2.05) is 35.2 Å². The van der Waals surface area contributed by atoms with E-state index < -0.39 is 0 Å². The molecule has 1 aliphatic rings. The molecular weight excluding hydrogens is 538 g/mol. The van der Waals surface area contributed by atoms with Crippen LogP contribution in [0.1, 0.15) is 79.4 Å². The summed E-state index contributed by atoms with van der Waals surface area (Å²) < 4.78 is 0. The number of ketones is 1. The van der Waals surface area contributed by atoms with E-state index >= 15 is 0 Å². The number of amidine groups is 1. The first-order valence-corrected chi connectivity index (χ1v) is 15.1. The molecule has 1 aromatic heterocycles. The number of amides is 2. The molecular formula is C35H41N5O3. The van der Waals surface area contributed by atoms with Crippen molar-refractivity contribution in [2.24, 2.45) is 10.7 Å². The number of aryl methyl sites for hydroxylation is 2. The van der Waals surface area contributed by atoms with Crippen LogP contribution in [-0.2, 0) is 22.4 Å². The summed E-state index contributed by atoms with van der Waals surface area (Å²) in [4.78, 5) is 49.4. The average Bonchev–Trinajstić information content (AvgIpc) is 3.17. The van der Waals surface area contributed by atoms with E-state index in [0.29, 0.717) is 60.7 Å². The Balaban J connectivity index is 1.37. The van der Waals surface area contributed by atoms with Crippen molar-refractivity contribution >= 4 is 40.9 Å². The highest BCUT2D eigenvalue weighted by Gasteiger charge is 2.21. The van der Waals surface area contributed by atoms with Gasteiger partial charge in [0.15, 0.2) is 0 Å². The lowest BCUT2D eigenvalue weighted by atomic mass is 10.0. The van der Waals surface area contributed by atoms with Gasteiger partial charge in [0.2, 0.25) is 5.91 Å². The number of nitrogens with one attached hydrogen (secondary N) is 1. The summed E-state index contributed by atoms with van der Waals surface area (Å²) >= 11 is 0. The van der Waals surface area contributed by atoms with Gasteiger partial charge in [-0.15, -0.1) is 0 Å². The van der Waals surface area contributed by atoms with Gasteiger partial charge in [-0.1, -0.05) is 50.2 Å². The number of nitrogens with zero attached hydrogens (tertiary/aromatic N) is 3. The number of fused-ring (bicyclic) bond motifs is 1. The summed E-state index contributed by atoms with van der Waals surface area (Å²) in [5, 5.41) is 2.90. The Morgan fingerprint density at radius 2 is 1.67 bits per heavy atom. The average molecular weight is 580 g/mol. The third kappa shape index (κ3) is 9.20. The number of aliphatic imine (C=N–C) groups is 1. The number of carbonyl (C=O) groups is 3. The van der Waals surface area contributed by atoms with Crippen LogP contribution >= 0.6 is 0 Å². The highest BCUT2D eigenvalue weighted by atomic mass is 16.2. The monoisotopic (exact) mass is 579 g/mol. The summed E-state index contributed by atoms with van der Waals surface area (Å²) in [5.41, 5.74) is 11.2. The van der Waals surface area contributed by atoms with E-state index in [4.69, 9.17) is 5.73 Å². The van der Waals surface area contributed by atoms with Gasteiger partial charge in [0.05, 0.1) is 17.6 Å². The van der Waals surface area contributed by atoms with E-state index in [-0.39, 0.29) is 24.0 Å². The van der Waals surface area contributed by atoms with E-state index in [0.717, 1.165) is 36.8 Å². The lowest BCUT2D eigenvalue weighted by molar-refractivity contribution is -0.127. The minimum atomic E-state index is -0.311. The van der Waals surface area contributed by atoms with Crippen LogP contribution in [0.3, 0.4) is 0 Å². The molecule has 2 aromatic carbocycles. The Hall–Kier alpha value is -4.59. The summed E-state index contributed by atoms with van der Waals surface area (Å²) in [7, 11) is 0. The molecule has 0 radical (unpaired) electrons. The lowest BCUT2D eigenvalue weighted by Crippen LogP contribution is -2.34. The molecule has 0 atom stereocenters. The minimum Gasteiger partial charge on any atom is -0.387 e. The van der Waals surface area contributed by atoms with Crippen molar-refractivity contribution in [1.29, 1.82) is 0 Å². The molecule has 2 heterocycles. The molecule has 0 aliphatic carbocycles. The number of pyridine rings is 1. The van der Waals surface area contributed by atoms with Crippen LogP contribution < -0.4 is 11.1 Å². The zero-order valence-corrected chi connectivity index (χ0v) is 25.1. The first kappa shape index (κ1) is 31.3. The Labute approximate surface area is 254 Å². The molecule has 0 bridgehead atoms. The van der Waals surface area contributed by atoms with Gasteiger partial charge in [0.25, 0.3) is 5.91 Å². The van der Waals surface area contributed by atoms with Crippen LogP contribution in [0.25, 0.3) is 6.08 Å². The number of nitrogens with two attached hydrogens (primary N) is 1. The summed E-state index contributed by atoms with van der Waals surface area (Å²) in [6.45, 7) is 5.48. The van der Waals surface area contributed by atoms with E-state index in [1.165, 1.54) is 5.56 Å². The van der Waals surface area contributed by atoms with Crippen LogP contribution in [0.5, 0.6) is 0 Å². The molecule has 224 valence electrons. The largest absolute Gasteiger partial charge is 0.387 e. The maximum Gasteiger partial charge on any atom is 0.255 e. The smallest absolute Gasteiger partial charge is 0.255 e. The maximum atomic E-state index is 13.2. The van der Waals surface area contributed by atoms with E-state index in [2.05, 4.69) is 41.3 Å². The number of rotatable bonds is 14. The van der Waals surface area contributed by atoms with Gasteiger partial charge in [-0.25, -0.2) is 4.99 Å². The lowest BCUT2D eigenvalue weighted by Gasteiger charge is -2.22. The number of hydrogen-bond donors (Lipinski definition) is 2. The molecule has 3 N–H and O–H groups in total. The molecule has 0 saturated heterocycles. The van der Waals surface area contributed by atoms with Gasteiger partial charge < -0.3 is 16.0 Å². The molecule has 3 aromatic rings. The fourth-order valence-corrected chi connectivity index (χ4v) is 5.17. The summed E-state index contributed by atoms with van der Waals surface area (Å²) in [6.07, 6.45) is 10.4. The third-order valence-electron chi connectivity index (χ3n) is 7.32. The second-order valence-electron chi connectivity index (χ2n) is 10.9. The van der Waals surface area contributed by atoms with Gasteiger partial charge in [-0.3, -0.25) is 19.4 Å². The van der Waals surface area contributed by atoms with E-state index in [1.54, 1.807) is 30.6 Å². The van der Waals surface area contributed by atoms with Gasteiger partial charge in [-0.2, -0.15) is 0 Å². The van der Waals surface area contributed by atoms with Gasteiger partial charge in [0.1, 0.15) is 11.6 Å². The molecule has 0 unspecified atom stereocenters. The standard InChI is InChI=1S/C35H41N5O3/c1-3-17-40(18-4-2)35(43)29-20-27-14-15-28(21-32(27)39-33(36)22-29)34(42)38-30-19-26(23-37-24-30)13-16-31(41)12-8-11-25-9-6-5-7-10-25/h5-7,9-10,14-15,19-21,23-24H,3-4,8,11-13,16-18,22H2,1-2H3,(H2,36,39)(H,38,42). The topological polar surface area (TPSA) is 118 Å². The van der Waals surface area contributed by atoms with Crippen LogP contribution in [0.4, 0.5) is 11.4 Å². The summed E-state index contributed by atoms with van der Waals surface area (Å²) in [5.74, 6) is 0.208. The van der Waals surface area contributed by atoms with Crippen LogP contribution in [0.2, 0.25) is 0 Å². The van der Waals surface area contributed by atoms with Crippen LogP contribution in [0.15, 0.2) is 77.6 Å². The third-order valence-corrected chi connectivity index (χ3v) is 7.32. The highest BCUT2D eigenvalue weighted by Crippen LogP contribution is 2.29. The van der Waals surface area contributed by atoms with Gasteiger partial charge >= 0.3 is 0 Å². The first-order valence-electron chi connectivity index (χ1n) is 15.1. The van der Waals surface area contributed by atoms with E-state index in [9.17, 15) is 14.4 Å². The fraction of sp³-hybridized carbons (Fsp3) is 0.343. The Morgan fingerprint density at radius 1 is 0.907 bits per heavy atom.